The normalized spacial score (nSPS) is 11.5. The SMILES string of the molecule is Cl.Nc1nc(CC(=O)Nc2ccc(CCNC[C@@H](O)c3ccccc3)cc2)cs1. The van der Waals surface area contributed by atoms with Crippen LogP contribution in [0.5, 0.6) is 0 Å². The first-order valence-corrected chi connectivity index (χ1v) is 10.0. The second kappa shape index (κ2) is 11.5. The fourth-order valence-corrected chi connectivity index (χ4v) is 3.36. The molecule has 0 fully saturated rings. The van der Waals surface area contributed by atoms with Crippen molar-refractivity contribution < 1.29 is 9.90 Å². The van der Waals surface area contributed by atoms with Crippen LogP contribution in [0.25, 0.3) is 0 Å². The molecule has 1 atom stereocenters. The molecule has 0 unspecified atom stereocenters. The second-order valence-corrected chi connectivity index (χ2v) is 7.37. The van der Waals surface area contributed by atoms with Gasteiger partial charge in [-0.25, -0.2) is 4.98 Å². The van der Waals surface area contributed by atoms with Crippen molar-refractivity contribution in [3.05, 3.63) is 76.8 Å². The molecular weight excluding hydrogens is 408 g/mol. The first-order chi connectivity index (χ1) is 13.6. The Morgan fingerprint density at radius 2 is 1.86 bits per heavy atom. The summed E-state index contributed by atoms with van der Waals surface area (Å²) >= 11 is 1.33. The van der Waals surface area contributed by atoms with Crippen LogP contribution < -0.4 is 16.4 Å². The number of thiazole rings is 1. The van der Waals surface area contributed by atoms with Gasteiger partial charge in [0.1, 0.15) is 0 Å². The first kappa shape index (κ1) is 22.8. The highest BCUT2D eigenvalue weighted by Gasteiger charge is 2.08. The lowest BCUT2D eigenvalue weighted by Crippen LogP contribution is -2.23. The maximum absolute atomic E-state index is 12.0. The smallest absolute Gasteiger partial charge is 0.230 e. The number of hydrogen-bond donors (Lipinski definition) is 4. The maximum Gasteiger partial charge on any atom is 0.230 e. The van der Waals surface area contributed by atoms with Crippen molar-refractivity contribution in [2.24, 2.45) is 0 Å². The highest BCUT2D eigenvalue weighted by atomic mass is 35.5. The molecule has 0 aliphatic carbocycles. The molecule has 3 aromatic rings. The lowest BCUT2D eigenvalue weighted by atomic mass is 10.1. The van der Waals surface area contributed by atoms with Crippen molar-refractivity contribution in [3.8, 4) is 0 Å². The summed E-state index contributed by atoms with van der Waals surface area (Å²) in [4.78, 5) is 16.1. The Labute approximate surface area is 180 Å². The number of hydrogen-bond acceptors (Lipinski definition) is 6. The zero-order valence-corrected chi connectivity index (χ0v) is 17.5. The van der Waals surface area contributed by atoms with Gasteiger partial charge in [-0.05, 0) is 36.2 Å². The Kier molecular flexibility index (Phi) is 9.08. The van der Waals surface area contributed by atoms with Crippen LogP contribution in [0.1, 0.15) is 22.9 Å². The van der Waals surface area contributed by atoms with Crippen LogP contribution in [0.2, 0.25) is 0 Å². The number of amides is 1. The molecule has 0 radical (unpaired) electrons. The Bertz CT molecular complexity index is 887. The number of nitrogen functional groups attached to an aromatic ring is 1. The van der Waals surface area contributed by atoms with Gasteiger partial charge in [0.15, 0.2) is 5.13 Å². The maximum atomic E-state index is 12.0. The third kappa shape index (κ3) is 7.47. The Morgan fingerprint density at radius 1 is 1.14 bits per heavy atom. The highest BCUT2D eigenvalue weighted by molar-refractivity contribution is 7.13. The van der Waals surface area contributed by atoms with Gasteiger partial charge >= 0.3 is 0 Å². The van der Waals surface area contributed by atoms with Crippen molar-refractivity contribution in [2.75, 3.05) is 24.1 Å². The standard InChI is InChI=1S/C21H24N4O2S.ClH/c22-21-25-18(14-28-21)12-20(27)24-17-8-6-15(7-9-17)10-11-23-13-19(26)16-4-2-1-3-5-16;/h1-9,14,19,23,26H,10-13H2,(H2,22,25)(H,24,27);1H/t19-;/m1./s1. The number of nitrogens with two attached hydrogens (primary N) is 1. The quantitative estimate of drug-likeness (QED) is 0.389. The number of rotatable bonds is 9. The van der Waals surface area contributed by atoms with Crippen molar-refractivity contribution in [1.29, 1.82) is 0 Å². The van der Waals surface area contributed by atoms with Gasteiger partial charge < -0.3 is 21.5 Å². The van der Waals surface area contributed by atoms with E-state index in [0.29, 0.717) is 17.4 Å². The van der Waals surface area contributed by atoms with E-state index in [1.165, 1.54) is 11.3 Å². The molecule has 8 heteroatoms. The minimum atomic E-state index is -0.508. The summed E-state index contributed by atoms with van der Waals surface area (Å²) in [5.74, 6) is -0.116. The van der Waals surface area contributed by atoms with Crippen molar-refractivity contribution in [1.82, 2.24) is 10.3 Å². The lowest BCUT2D eigenvalue weighted by molar-refractivity contribution is -0.115. The molecule has 0 aliphatic rings. The molecule has 1 heterocycles. The lowest BCUT2D eigenvalue weighted by Gasteiger charge is -2.12. The number of aromatic nitrogens is 1. The topological polar surface area (TPSA) is 100 Å². The number of aliphatic hydroxyl groups is 1. The van der Waals surface area contributed by atoms with Crippen molar-refractivity contribution >= 4 is 40.5 Å². The van der Waals surface area contributed by atoms with E-state index in [0.717, 1.165) is 29.8 Å². The molecule has 1 aromatic heterocycles. The van der Waals surface area contributed by atoms with Crippen molar-refractivity contribution in [2.45, 2.75) is 18.9 Å². The number of nitrogens with one attached hydrogen (secondary N) is 2. The van der Waals surface area contributed by atoms with Crippen LogP contribution >= 0.6 is 23.7 Å². The van der Waals surface area contributed by atoms with Gasteiger partial charge in [-0.3, -0.25) is 4.79 Å². The van der Waals surface area contributed by atoms with Crippen LogP contribution in [0.3, 0.4) is 0 Å². The molecule has 29 heavy (non-hydrogen) atoms. The number of aliphatic hydroxyl groups excluding tert-OH is 1. The second-order valence-electron chi connectivity index (χ2n) is 6.48. The van der Waals surface area contributed by atoms with Crippen molar-refractivity contribution in [3.63, 3.8) is 0 Å². The van der Waals surface area contributed by atoms with Crippen LogP contribution in [0.15, 0.2) is 60.0 Å². The van der Waals surface area contributed by atoms with Crippen LogP contribution in [-0.4, -0.2) is 29.1 Å². The summed E-state index contributed by atoms with van der Waals surface area (Å²) in [7, 11) is 0. The Hall–Kier alpha value is -2.45. The molecule has 5 N–H and O–H groups in total. The predicted molar refractivity (Wildman–Crippen MR) is 121 cm³/mol. The van der Waals surface area contributed by atoms with E-state index in [-0.39, 0.29) is 24.7 Å². The van der Waals surface area contributed by atoms with Gasteiger partial charge in [0, 0.05) is 17.6 Å². The molecule has 6 nitrogen and oxygen atoms in total. The Balaban J connectivity index is 0.00000300. The molecule has 3 rings (SSSR count). The summed E-state index contributed by atoms with van der Waals surface area (Å²) in [6.45, 7) is 1.28. The van der Waals surface area contributed by atoms with Gasteiger partial charge in [0.2, 0.25) is 5.91 Å². The minimum Gasteiger partial charge on any atom is -0.387 e. The van der Waals surface area contributed by atoms with E-state index in [9.17, 15) is 9.90 Å². The summed E-state index contributed by atoms with van der Waals surface area (Å²) in [5, 5.41) is 18.5. The van der Waals surface area contributed by atoms with E-state index in [1.807, 2.05) is 54.6 Å². The van der Waals surface area contributed by atoms with E-state index < -0.39 is 6.10 Å². The van der Waals surface area contributed by atoms with Gasteiger partial charge in [-0.2, -0.15) is 0 Å². The van der Waals surface area contributed by atoms with Crippen LogP contribution in [-0.2, 0) is 17.6 Å². The third-order valence-electron chi connectivity index (χ3n) is 4.26. The number of nitrogens with zero attached hydrogens (tertiary/aromatic N) is 1. The Morgan fingerprint density at radius 3 is 2.52 bits per heavy atom. The first-order valence-electron chi connectivity index (χ1n) is 9.12. The summed E-state index contributed by atoms with van der Waals surface area (Å²) < 4.78 is 0. The summed E-state index contributed by atoms with van der Waals surface area (Å²) in [6, 6.07) is 17.4. The average Bonchev–Trinajstić information content (AvgIpc) is 3.11. The molecule has 0 spiro atoms. The predicted octanol–water partition coefficient (Wildman–Crippen LogP) is 3.19. The largest absolute Gasteiger partial charge is 0.387 e. The number of carbonyl (C=O) groups is 1. The number of carbonyl (C=O) groups excluding carboxylic acids is 1. The fraction of sp³-hybridized carbons (Fsp3) is 0.238. The fourth-order valence-electron chi connectivity index (χ4n) is 2.79. The number of anilines is 2. The molecular formula is C21H25ClN4O2S. The van der Waals surface area contributed by atoms with Gasteiger partial charge in [0.05, 0.1) is 18.2 Å². The zero-order chi connectivity index (χ0) is 19.8. The molecule has 2 aromatic carbocycles. The van der Waals surface area contributed by atoms with E-state index in [2.05, 4.69) is 15.6 Å². The molecule has 0 saturated heterocycles. The molecule has 1 amide bonds. The number of benzene rings is 2. The van der Waals surface area contributed by atoms with E-state index in [1.54, 1.807) is 5.38 Å². The van der Waals surface area contributed by atoms with Gasteiger partial charge in [-0.15, -0.1) is 23.7 Å². The minimum absolute atomic E-state index is 0. The number of halogens is 1. The summed E-state index contributed by atoms with van der Waals surface area (Å²) in [5.41, 5.74) is 9.08. The van der Waals surface area contributed by atoms with Crippen LogP contribution in [0, 0.1) is 0 Å². The third-order valence-corrected chi connectivity index (χ3v) is 4.98. The van der Waals surface area contributed by atoms with E-state index in [4.69, 9.17) is 5.73 Å². The van der Waals surface area contributed by atoms with Gasteiger partial charge in [-0.1, -0.05) is 42.5 Å². The van der Waals surface area contributed by atoms with Gasteiger partial charge in [0.25, 0.3) is 0 Å². The van der Waals surface area contributed by atoms with Crippen LogP contribution in [0.4, 0.5) is 10.8 Å². The average molecular weight is 433 g/mol. The molecule has 0 bridgehead atoms. The molecule has 154 valence electrons. The summed E-state index contributed by atoms with van der Waals surface area (Å²) in [6.07, 6.45) is 0.545. The monoisotopic (exact) mass is 432 g/mol. The zero-order valence-electron chi connectivity index (χ0n) is 15.9. The highest BCUT2D eigenvalue weighted by Crippen LogP contribution is 2.14. The molecule has 0 aliphatic heterocycles. The molecule has 0 saturated carbocycles. The van der Waals surface area contributed by atoms with E-state index >= 15 is 0 Å².